The third-order valence-electron chi connectivity index (χ3n) is 5.26. The number of ether oxygens (including phenoxy) is 3. The fraction of sp³-hybridized carbons (Fsp3) is 0.963. The van der Waals surface area contributed by atoms with E-state index in [0.29, 0.717) is 6.42 Å². The lowest BCUT2D eigenvalue weighted by Crippen LogP contribution is -2.26. The summed E-state index contributed by atoms with van der Waals surface area (Å²) >= 11 is 0. The van der Waals surface area contributed by atoms with Gasteiger partial charge in [-0.15, -0.1) is 0 Å². The summed E-state index contributed by atoms with van der Waals surface area (Å²) in [6.45, 7) is 17.4. The number of hydrogen-bond donors (Lipinski definition) is 0. The van der Waals surface area contributed by atoms with Crippen LogP contribution in [0.3, 0.4) is 0 Å². The summed E-state index contributed by atoms with van der Waals surface area (Å²) in [5.41, 5.74) is -0.379. The highest BCUT2D eigenvalue weighted by Gasteiger charge is 2.15. The molecule has 0 aromatic heterocycles. The van der Waals surface area contributed by atoms with Crippen LogP contribution in [0.4, 0.5) is 0 Å². The zero-order chi connectivity index (χ0) is 23.9. The normalized spacial score (nSPS) is 11.9. The summed E-state index contributed by atoms with van der Waals surface area (Å²) in [6, 6.07) is 0. The van der Waals surface area contributed by atoms with E-state index in [2.05, 4.69) is 18.7 Å². The molecule has 0 amide bonds. The van der Waals surface area contributed by atoms with Crippen molar-refractivity contribution in [2.24, 2.45) is 0 Å². The highest BCUT2D eigenvalue weighted by Crippen LogP contribution is 2.10. The molecule has 0 fully saturated rings. The molecule has 192 valence electrons. The van der Waals surface area contributed by atoms with Crippen LogP contribution in [0, 0.1) is 0 Å². The van der Waals surface area contributed by atoms with E-state index in [4.69, 9.17) is 14.2 Å². The van der Waals surface area contributed by atoms with Gasteiger partial charge < -0.3 is 19.1 Å². The van der Waals surface area contributed by atoms with Crippen LogP contribution in [-0.4, -0.2) is 62.5 Å². The minimum Gasteiger partial charge on any atom is -0.460 e. The van der Waals surface area contributed by atoms with Gasteiger partial charge in [0, 0.05) is 32.8 Å². The van der Waals surface area contributed by atoms with Crippen LogP contribution in [0.1, 0.15) is 118 Å². The topological polar surface area (TPSA) is 48.0 Å². The van der Waals surface area contributed by atoms with Crippen LogP contribution >= 0.6 is 0 Å². The first kappa shape index (κ1) is 31.4. The SMILES string of the molecule is CCCN(CCC)CCCCCCOCCCCCOCCCCCC(=O)OC(C)(C)C. The average Bonchev–Trinajstić information content (AvgIpc) is 2.71. The van der Waals surface area contributed by atoms with Crippen molar-refractivity contribution in [3.63, 3.8) is 0 Å². The van der Waals surface area contributed by atoms with Crippen LogP contribution in [0.25, 0.3) is 0 Å². The van der Waals surface area contributed by atoms with E-state index in [1.165, 1.54) is 64.6 Å². The van der Waals surface area contributed by atoms with Crippen molar-refractivity contribution in [3.05, 3.63) is 0 Å². The van der Waals surface area contributed by atoms with Gasteiger partial charge in [-0.3, -0.25) is 4.79 Å². The highest BCUT2D eigenvalue weighted by molar-refractivity contribution is 5.69. The monoisotopic (exact) mass is 457 g/mol. The van der Waals surface area contributed by atoms with Gasteiger partial charge >= 0.3 is 5.97 Å². The number of carbonyl (C=O) groups is 1. The maximum atomic E-state index is 11.6. The van der Waals surface area contributed by atoms with Gasteiger partial charge in [0.05, 0.1) is 0 Å². The molecule has 0 aromatic rings. The minimum atomic E-state index is -0.379. The summed E-state index contributed by atoms with van der Waals surface area (Å²) in [7, 11) is 0. The molecule has 0 spiro atoms. The van der Waals surface area contributed by atoms with Crippen LogP contribution in [0.2, 0.25) is 0 Å². The number of unbranched alkanes of at least 4 members (excludes halogenated alkanes) is 7. The number of rotatable bonds is 23. The standard InChI is InChI=1S/C27H55NO4/c1-6-19-28(20-7-2)21-13-8-9-14-22-30-24-16-11-17-25-31-23-15-10-12-18-26(29)32-27(3,4)5/h6-25H2,1-5H3. The second kappa shape index (κ2) is 22.2. The summed E-state index contributed by atoms with van der Waals surface area (Å²) in [6.07, 6.45) is 14.5. The Morgan fingerprint density at radius 1 is 0.625 bits per heavy atom. The van der Waals surface area contributed by atoms with E-state index in [-0.39, 0.29) is 11.6 Å². The molecule has 0 aromatic carbocycles. The third-order valence-corrected chi connectivity index (χ3v) is 5.26. The Labute approximate surface area is 199 Å². The average molecular weight is 458 g/mol. The van der Waals surface area contributed by atoms with Crippen molar-refractivity contribution < 1.29 is 19.0 Å². The molecule has 0 heterocycles. The Kier molecular flexibility index (Phi) is 21.7. The zero-order valence-electron chi connectivity index (χ0n) is 22.2. The lowest BCUT2D eigenvalue weighted by molar-refractivity contribution is -0.154. The molecule has 32 heavy (non-hydrogen) atoms. The molecule has 0 unspecified atom stereocenters. The van der Waals surface area contributed by atoms with E-state index < -0.39 is 0 Å². The first-order valence-electron chi connectivity index (χ1n) is 13.5. The predicted octanol–water partition coefficient (Wildman–Crippen LogP) is 6.77. The Balaban J connectivity index is 3.23. The highest BCUT2D eigenvalue weighted by atomic mass is 16.6. The van der Waals surface area contributed by atoms with Gasteiger partial charge in [0.2, 0.25) is 0 Å². The third kappa shape index (κ3) is 24.0. The number of carbonyl (C=O) groups excluding carboxylic acids is 1. The molecular weight excluding hydrogens is 402 g/mol. The van der Waals surface area contributed by atoms with Gasteiger partial charge in [0.25, 0.3) is 0 Å². The summed E-state index contributed by atoms with van der Waals surface area (Å²) in [5.74, 6) is -0.0956. The molecule has 0 radical (unpaired) electrons. The lowest BCUT2D eigenvalue weighted by atomic mass is 10.1. The van der Waals surface area contributed by atoms with E-state index in [9.17, 15) is 4.79 Å². The number of esters is 1. The molecule has 0 aliphatic rings. The first-order chi connectivity index (χ1) is 15.4. The first-order valence-corrected chi connectivity index (χ1v) is 13.5. The van der Waals surface area contributed by atoms with E-state index in [1.807, 2.05) is 20.8 Å². The van der Waals surface area contributed by atoms with Gasteiger partial charge in [-0.25, -0.2) is 0 Å². The minimum absolute atomic E-state index is 0.0956. The smallest absolute Gasteiger partial charge is 0.306 e. The van der Waals surface area contributed by atoms with Gasteiger partial charge in [0.15, 0.2) is 0 Å². The largest absolute Gasteiger partial charge is 0.460 e. The molecule has 0 saturated heterocycles. The van der Waals surface area contributed by atoms with E-state index >= 15 is 0 Å². The van der Waals surface area contributed by atoms with Crippen LogP contribution < -0.4 is 0 Å². The van der Waals surface area contributed by atoms with Crippen molar-refractivity contribution in [2.45, 2.75) is 124 Å². The van der Waals surface area contributed by atoms with Gasteiger partial charge in [-0.05, 0) is 98.2 Å². The maximum Gasteiger partial charge on any atom is 0.306 e. The zero-order valence-corrected chi connectivity index (χ0v) is 22.2. The van der Waals surface area contributed by atoms with Crippen molar-refractivity contribution in [1.82, 2.24) is 4.90 Å². The summed E-state index contributed by atoms with van der Waals surface area (Å²) in [4.78, 5) is 14.2. The van der Waals surface area contributed by atoms with Gasteiger partial charge in [-0.2, -0.15) is 0 Å². The molecule has 5 heteroatoms. The Hall–Kier alpha value is -0.650. The second-order valence-electron chi connectivity index (χ2n) is 9.94. The van der Waals surface area contributed by atoms with Crippen molar-refractivity contribution in [3.8, 4) is 0 Å². The maximum absolute atomic E-state index is 11.6. The number of hydrogen-bond acceptors (Lipinski definition) is 5. The molecule has 0 atom stereocenters. The second-order valence-corrected chi connectivity index (χ2v) is 9.94. The molecule has 0 saturated carbocycles. The summed E-state index contributed by atoms with van der Waals surface area (Å²) in [5, 5.41) is 0. The molecule has 0 rings (SSSR count). The fourth-order valence-electron chi connectivity index (χ4n) is 3.69. The van der Waals surface area contributed by atoms with Gasteiger partial charge in [0.1, 0.15) is 5.60 Å². The molecule has 0 aliphatic heterocycles. The Bertz CT molecular complexity index is 403. The van der Waals surface area contributed by atoms with Crippen LogP contribution in [-0.2, 0) is 19.0 Å². The van der Waals surface area contributed by atoms with Crippen LogP contribution in [0.5, 0.6) is 0 Å². The fourth-order valence-corrected chi connectivity index (χ4v) is 3.69. The van der Waals surface area contributed by atoms with Gasteiger partial charge in [-0.1, -0.05) is 33.1 Å². The van der Waals surface area contributed by atoms with Crippen molar-refractivity contribution >= 4 is 5.97 Å². The van der Waals surface area contributed by atoms with Crippen molar-refractivity contribution in [1.29, 1.82) is 0 Å². The molecule has 0 N–H and O–H groups in total. The molecule has 5 nitrogen and oxygen atoms in total. The predicted molar refractivity (Wildman–Crippen MR) is 135 cm³/mol. The van der Waals surface area contributed by atoms with E-state index in [0.717, 1.165) is 58.5 Å². The quantitative estimate of drug-likeness (QED) is 0.125. The number of nitrogens with zero attached hydrogens (tertiary/aromatic N) is 1. The molecular formula is C27H55NO4. The summed E-state index contributed by atoms with van der Waals surface area (Å²) < 4.78 is 16.8. The lowest BCUT2D eigenvalue weighted by Gasteiger charge is -2.20. The molecule has 0 bridgehead atoms. The Morgan fingerprint density at radius 3 is 1.53 bits per heavy atom. The van der Waals surface area contributed by atoms with Crippen molar-refractivity contribution in [2.75, 3.05) is 46.1 Å². The van der Waals surface area contributed by atoms with Crippen LogP contribution in [0.15, 0.2) is 0 Å². The molecule has 0 aliphatic carbocycles. The van der Waals surface area contributed by atoms with E-state index in [1.54, 1.807) is 0 Å². The Morgan fingerprint density at radius 2 is 1.06 bits per heavy atom.